The maximum atomic E-state index is 12.2. The summed E-state index contributed by atoms with van der Waals surface area (Å²) >= 11 is 0. The SMILES string of the molecule is CC(C)OC1C=C[C@]2(CC[C@@]3(C)CCC(=O)[C@H]32)O1. The molecule has 0 aromatic heterocycles. The smallest absolute Gasteiger partial charge is 0.178 e. The van der Waals surface area contributed by atoms with Crippen molar-refractivity contribution < 1.29 is 14.3 Å². The monoisotopic (exact) mass is 250 g/mol. The van der Waals surface area contributed by atoms with Crippen LogP contribution in [0.3, 0.4) is 0 Å². The zero-order valence-corrected chi connectivity index (χ0v) is 11.4. The number of rotatable bonds is 2. The summed E-state index contributed by atoms with van der Waals surface area (Å²) in [6, 6.07) is 0. The number of ketones is 1. The van der Waals surface area contributed by atoms with Crippen molar-refractivity contribution in [2.75, 3.05) is 0 Å². The Morgan fingerprint density at radius 3 is 2.89 bits per heavy atom. The molecule has 3 aliphatic rings. The molecule has 2 aliphatic carbocycles. The fourth-order valence-corrected chi connectivity index (χ4v) is 4.03. The largest absolute Gasteiger partial charge is 0.346 e. The fraction of sp³-hybridized carbons (Fsp3) is 0.800. The van der Waals surface area contributed by atoms with Crippen LogP contribution in [0.25, 0.3) is 0 Å². The van der Waals surface area contributed by atoms with Crippen molar-refractivity contribution in [1.29, 1.82) is 0 Å². The molecule has 2 saturated carbocycles. The average Bonchev–Trinajstić information content (AvgIpc) is 2.88. The summed E-state index contributed by atoms with van der Waals surface area (Å²) in [5.74, 6) is 0.423. The minimum atomic E-state index is -0.373. The molecule has 3 heteroatoms. The molecule has 3 rings (SSSR count). The third-order valence-electron chi connectivity index (χ3n) is 4.81. The lowest BCUT2D eigenvalue weighted by molar-refractivity contribution is -0.184. The fourth-order valence-electron chi connectivity index (χ4n) is 4.03. The van der Waals surface area contributed by atoms with Gasteiger partial charge >= 0.3 is 0 Å². The topological polar surface area (TPSA) is 35.5 Å². The highest BCUT2D eigenvalue weighted by Gasteiger charge is 2.62. The molecule has 0 N–H and O–H groups in total. The van der Waals surface area contributed by atoms with Gasteiger partial charge < -0.3 is 9.47 Å². The highest BCUT2D eigenvalue weighted by molar-refractivity contribution is 5.86. The second-order valence-corrected chi connectivity index (χ2v) is 6.54. The lowest BCUT2D eigenvalue weighted by atomic mass is 9.78. The van der Waals surface area contributed by atoms with E-state index in [-0.39, 0.29) is 29.3 Å². The third-order valence-corrected chi connectivity index (χ3v) is 4.81. The first-order valence-electron chi connectivity index (χ1n) is 7.01. The molecule has 4 atom stereocenters. The summed E-state index contributed by atoms with van der Waals surface area (Å²) < 4.78 is 11.8. The van der Waals surface area contributed by atoms with Crippen LogP contribution in [-0.2, 0) is 14.3 Å². The summed E-state index contributed by atoms with van der Waals surface area (Å²) in [6.45, 7) is 6.24. The van der Waals surface area contributed by atoms with E-state index in [0.29, 0.717) is 5.78 Å². The first kappa shape index (κ1) is 12.4. The number of hydrogen-bond acceptors (Lipinski definition) is 3. The summed E-state index contributed by atoms with van der Waals surface area (Å²) in [7, 11) is 0. The molecule has 0 amide bonds. The highest BCUT2D eigenvalue weighted by Crippen LogP contribution is 2.59. The van der Waals surface area contributed by atoms with Crippen LogP contribution < -0.4 is 0 Å². The van der Waals surface area contributed by atoms with Crippen LogP contribution in [0.5, 0.6) is 0 Å². The predicted molar refractivity (Wildman–Crippen MR) is 68.0 cm³/mol. The van der Waals surface area contributed by atoms with Crippen molar-refractivity contribution in [1.82, 2.24) is 0 Å². The molecule has 0 aromatic carbocycles. The maximum Gasteiger partial charge on any atom is 0.178 e. The van der Waals surface area contributed by atoms with Gasteiger partial charge in [-0.1, -0.05) is 13.0 Å². The molecule has 2 fully saturated rings. The van der Waals surface area contributed by atoms with Gasteiger partial charge in [0, 0.05) is 6.42 Å². The number of hydrogen-bond donors (Lipinski definition) is 0. The zero-order valence-electron chi connectivity index (χ0n) is 11.4. The Balaban J connectivity index is 1.82. The number of carbonyl (C=O) groups excluding carboxylic acids is 1. The Morgan fingerprint density at radius 2 is 2.17 bits per heavy atom. The van der Waals surface area contributed by atoms with Gasteiger partial charge in [-0.2, -0.15) is 0 Å². The van der Waals surface area contributed by atoms with Crippen LogP contribution >= 0.6 is 0 Å². The number of Topliss-reactive ketones (excluding diaryl/α,β-unsaturated/α-hetero) is 1. The van der Waals surface area contributed by atoms with Crippen LogP contribution in [-0.4, -0.2) is 23.8 Å². The third kappa shape index (κ3) is 1.68. The van der Waals surface area contributed by atoms with Crippen molar-refractivity contribution in [3.05, 3.63) is 12.2 Å². The molecule has 1 aliphatic heterocycles. The van der Waals surface area contributed by atoms with E-state index in [1.165, 1.54) is 0 Å². The summed E-state index contributed by atoms with van der Waals surface area (Å²) in [4.78, 5) is 12.2. The summed E-state index contributed by atoms with van der Waals surface area (Å²) in [5, 5.41) is 0. The first-order chi connectivity index (χ1) is 8.45. The van der Waals surface area contributed by atoms with Gasteiger partial charge in [0.05, 0.1) is 12.0 Å². The van der Waals surface area contributed by atoms with Crippen LogP contribution in [0.4, 0.5) is 0 Å². The molecule has 0 aromatic rings. The van der Waals surface area contributed by atoms with Gasteiger partial charge in [-0.25, -0.2) is 0 Å². The minimum absolute atomic E-state index is 0.0435. The Morgan fingerprint density at radius 1 is 1.39 bits per heavy atom. The molecule has 3 nitrogen and oxygen atoms in total. The van der Waals surface area contributed by atoms with Crippen molar-refractivity contribution in [2.24, 2.45) is 11.3 Å². The van der Waals surface area contributed by atoms with Crippen LogP contribution in [0, 0.1) is 11.3 Å². The van der Waals surface area contributed by atoms with E-state index in [4.69, 9.17) is 9.47 Å². The lowest BCUT2D eigenvalue weighted by Crippen LogP contribution is -2.41. The van der Waals surface area contributed by atoms with Gasteiger partial charge in [0.1, 0.15) is 11.4 Å². The van der Waals surface area contributed by atoms with Gasteiger partial charge in [-0.15, -0.1) is 0 Å². The molecule has 1 spiro atoms. The predicted octanol–water partition coefficient (Wildman–Crippen LogP) is 2.84. The van der Waals surface area contributed by atoms with Crippen molar-refractivity contribution in [3.8, 4) is 0 Å². The highest BCUT2D eigenvalue weighted by atomic mass is 16.7. The molecule has 1 unspecified atom stereocenters. The van der Waals surface area contributed by atoms with Gasteiger partial charge in [-0.3, -0.25) is 4.79 Å². The van der Waals surface area contributed by atoms with Crippen LogP contribution in [0.2, 0.25) is 0 Å². The van der Waals surface area contributed by atoms with E-state index in [2.05, 4.69) is 13.0 Å². The van der Waals surface area contributed by atoms with Crippen LogP contribution in [0.1, 0.15) is 46.5 Å². The molecular formula is C15H22O3. The Bertz CT molecular complexity index is 401. The van der Waals surface area contributed by atoms with Crippen molar-refractivity contribution in [3.63, 3.8) is 0 Å². The summed E-state index contributed by atoms with van der Waals surface area (Å²) in [6.07, 6.45) is 7.72. The molecular weight excluding hydrogens is 228 g/mol. The van der Waals surface area contributed by atoms with Gasteiger partial charge in [0.2, 0.25) is 0 Å². The molecule has 0 radical (unpaired) electrons. The molecule has 18 heavy (non-hydrogen) atoms. The van der Waals surface area contributed by atoms with E-state index >= 15 is 0 Å². The van der Waals surface area contributed by atoms with Crippen molar-refractivity contribution in [2.45, 2.75) is 64.4 Å². The number of fused-ring (bicyclic) bond motifs is 2. The van der Waals surface area contributed by atoms with Crippen LogP contribution in [0.15, 0.2) is 12.2 Å². The quantitative estimate of drug-likeness (QED) is 0.707. The number of ether oxygens (including phenoxy) is 2. The second-order valence-electron chi connectivity index (χ2n) is 6.54. The molecule has 1 heterocycles. The molecule has 0 saturated heterocycles. The van der Waals surface area contributed by atoms with E-state index in [9.17, 15) is 4.79 Å². The lowest BCUT2D eigenvalue weighted by Gasteiger charge is -2.32. The Kier molecular flexibility index (Phi) is 2.69. The van der Waals surface area contributed by atoms with E-state index in [1.54, 1.807) is 0 Å². The Labute approximate surface area is 109 Å². The molecule has 0 bridgehead atoms. The first-order valence-corrected chi connectivity index (χ1v) is 7.01. The normalized spacial score (nSPS) is 46.6. The Hall–Kier alpha value is -0.670. The van der Waals surface area contributed by atoms with Gasteiger partial charge in [0.15, 0.2) is 6.29 Å². The molecule has 100 valence electrons. The number of carbonyl (C=O) groups is 1. The average molecular weight is 250 g/mol. The zero-order chi connectivity index (χ0) is 13.0. The van der Waals surface area contributed by atoms with E-state index in [0.717, 1.165) is 25.7 Å². The second kappa shape index (κ2) is 3.91. The van der Waals surface area contributed by atoms with Crippen molar-refractivity contribution >= 4 is 5.78 Å². The summed E-state index contributed by atoms with van der Waals surface area (Å²) in [5.41, 5.74) is -0.226. The van der Waals surface area contributed by atoms with E-state index in [1.807, 2.05) is 19.9 Å². The van der Waals surface area contributed by atoms with E-state index < -0.39 is 0 Å². The maximum absolute atomic E-state index is 12.2. The van der Waals surface area contributed by atoms with Gasteiger partial charge in [-0.05, 0) is 44.6 Å². The standard InChI is InChI=1S/C15H22O3/c1-10(2)17-12-5-7-15(18-12)9-8-14(3)6-4-11(16)13(14)15/h5,7,10,12-13H,4,6,8-9H2,1-3H3/t12?,13-,14-,15-/m1/s1. The van der Waals surface area contributed by atoms with Gasteiger partial charge in [0.25, 0.3) is 0 Å². The minimum Gasteiger partial charge on any atom is -0.346 e.